The molecule has 0 aromatic heterocycles. The fraction of sp³-hybridized carbons (Fsp3) is 0.269. The molecule has 1 aliphatic heterocycles. The van der Waals surface area contributed by atoms with Gasteiger partial charge in [-0.25, -0.2) is 0 Å². The van der Waals surface area contributed by atoms with Crippen molar-refractivity contribution in [3.05, 3.63) is 72.8 Å². The molecule has 1 aliphatic carbocycles. The highest BCUT2D eigenvalue weighted by molar-refractivity contribution is 9.12. The Bertz CT molecular complexity index is 1200. The number of anilines is 2. The summed E-state index contributed by atoms with van der Waals surface area (Å²) in [4.78, 5) is 42.9. The number of para-hydroxylation sites is 1. The first-order valence-corrected chi connectivity index (χ1v) is 12.8. The van der Waals surface area contributed by atoms with E-state index in [0.29, 0.717) is 24.2 Å². The quantitative estimate of drug-likeness (QED) is 0.311. The van der Waals surface area contributed by atoms with Crippen LogP contribution in [-0.4, -0.2) is 38.8 Å². The Morgan fingerprint density at radius 2 is 1.36 bits per heavy atom. The van der Waals surface area contributed by atoms with Gasteiger partial charge in [0.25, 0.3) is 5.91 Å². The highest BCUT2D eigenvalue weighted by atomic mass is 79.9. The van der Waals surface area contributed by atoms with Crippen LogP contribution in [0.2, 0.25) is 0 Å². The fourth-order valence-corrected chi connectivity index (χ4v) is 6.09. The van der Waals surface area contributed by atoms with E-state index in [1.54, 1.807) is 4.90 Å². The molecule has 0 spiro atoms. The van der Waals surface area contributed by atoms with Crippen LogP contribution >= 0.6 is 31.9 Å². The maximum absolute atomic E-state index is 13.6. The van der Waals surface area contributed by atoms with E-state index in [0.717, 1.165) is 10.8 Å². The number of likely N-dealkylation sites (tertiary alicyclic amines) is 1. The van der Waals surface area contributed by atoms with E-state index < -0.39 is 0 Å². The number of carbonyl (C=O) groups is 3. The molecule has 0 radical (unpaired) electrons. The highest BCUT2D eigenvalue weighted by Crippen LogP contribution is 2.43. The van der Waals surface area contributed by atoms with E-state index in [1.165, 1.54) is 4.90 Å². The van der Waals surface area contributed by atoms with Gasteiger partial charge in [0.15, 0.2) is 0 Å². The zero-order valence-corrected chi connectivity index (χ0v) is 20.9. The first-order valence-electron chi connectivity index (χ1n) is 10.9. The van der Waals surface area contributed by atoms with Crippen molar-refractivity contribution in [3.8, 4) is 0 Å². The summed E-state index contributed by atoms with van der Waals surface area (Å²) in [6, 6.07) is 23.1. The monoisotopic (exact) mass is 568 g/mol. The lowest BCUT2D eigenvalue weighted by molar-refractivity contribution is -0.143. The predicted octanol–water partition coefficient (Wildman–Crippen LogP) is 5.43. The number of fused-ring (bicyclic) bond motifs is 2. The number of rotatable bonds is 4. The van der Waals surface area contributed by atoms with Crippen molar-refractivity contribution < 1.29 is 14.4 Å². The van der Waals surface area contributed by atoms with Gasteiger partial charge < -0.3 is 0 Å². The highest BCUT2D eigenvalue weighted by Gasteiger charge is 2.52. The van der Waals surface area contributed by atoms with E-state index in [9.17, 15) is 14.4 Å². The molecule has 3 aromatic rings. The Hall–Kier alpha value is -2.51. The molecule has 1 heterocycles. The Kier molecular flexibility index (Phi) is 6.10. The molecule has 0 unspecified atom stereocenters. The van der Waals surface area contributed by atoms with Gasteiger partial charge in [0.1, 0.15) is 6.54 Å². The van der Waals surface area contributed by atoms with Crippen LogP contribution in [0, 0.1) is 11.8 Å². The molecule has 168 valence electrons. The van der Waals surface area contributed by atoms with Gasteiger partial charge in [-0.3, -0.25) is 24.2 Å². The summed E-state index contributed by atoms with van der Waals surface area (Å²) in [5.41, 5.74) is 1.39. The van der Waals surface area contributed by atoms with Gasteiger partial charge in [0.2, 0.25) is 11.8 Å². The second-order valence-corrected chi connectivity index (χ2v) is 10.9. The second-order valence-electron chi connectivity index (χ2n) is 8.58. The zero-order valence-electron chi connectivity index (χ0n) is 17.7. The van der Waals surface area contributed by atoms with E-state index in [4.69, 9.17) is 0 Å². The number of amides is 3. The molecule has 5 nitrogen and oxygen atoms in total. The van der Waals surface area contributed by atoms with Crippen LogP contribution in [0.25, 0.3) is 10.8 Å². The van der Waals surface area contributed by atoms with Crippen LogP contribution in [0.1, 0.15) is 12.8 Å². The van der Waals surface area contributed by atoms with Crippen LogP contribution in [0.4, 0.5) is 11.4 Å². The largest absolute Gasteiger partial charge is 0.280 e. The Labute approximate surface area is 209 Å². The number of alkyl halides is 2. The molecule has 3 aromatic carbocycles. The third-order valence-corrected chi connectivity index (χ3v) is 9.28. The number of imide groups is 1. The third kappa shape index (κ3) is 4.13. The maximum Gasteiger partial charge on any atom is 0.251 e. The van der Waals surface area contributed by atoms with Crippen molar-refractivity contribution in [3.63, 3.8) is 0 Å². The van der Waals surface area contributed by atoms with E-state index >= 15 is 0 Å². The molecule has 4 atom stereocenters. The van der Waals surface area contributed by atoms with Gasteiger partial charge in [0.05, 0.1) is 11.8 Å². The van der Waals surface area contributed by atoms with Gasteiger partial charge >= 0.3 is 0 Å². The summed E-state index contributed by atoms with van der Waals surface area (Å²) in [5.74, 6) is -1.53. The predicted molar refractivity (Wildman–Crippen MR) is 136 cm³/mol. The van der Waals surface area contributed by atoms with Crippen molar-refractivity contribution in [1.29, 1.82) is 0 Å². The normalized spacial score (nSPS) is 24.7. The molecule has 1 saturated carbocycles. The van der Waals surface area contributed by atoms with E-state index in [-0.39, 0.29) is 45.8 Å². The standard InChI is InChI=1S/C26H22Br2N2O3/c27-22-13-20-21(14-23(22)28)26(33)29(25(20)32)15-24(31)30(18-8-2-1-3-9-18)19-11-10-16-6-4-5-7-17(16)12-19/h1-12,20-23H,13-15H2/t20-,21-,22-,23+/m1/s1. The fourth-order valence-electron chi connectivity index (χ4n) is 4.86. The summed E-state index contributed by atoms with van der Waals surface area (Å²) in [6.45, 7) is -0.272. The SMILES string of the molecule is O=C1[C@@H]2C[C@@H](Br)[C@@H](Br)C[C@H]2C(=O)N1CC(=O)N(c1ccccc1)c1ccc2ccccc2c1. The van der Waals surface area contributed by atoms with Crippen LogP contribution in [-0.2, 0) is 14.4 Å². The average molecular weight is 570 g/mol. The number of carbonyl (C=O) groups excluding carboxylic acids is 3. The summed E-state index contributed by atoms with van der Waals surface area (Å²) in [7, 11) is 0. The van der Waals surface area contributed by atoms with Gasteiger partial charge in [0, 0.05) is 21.0 Å². The van der Waals surface area contributed by atoms with Gasteiger partial charge in [-0.15, -0.1) is 0 Å². The molecule has 1 saturated heterocycles. The van der Waals surface area contributed by atoms with Crippen molar-refractivity contribution in [2.24, 2.45) is 11.8 Å². The molecule has 2 aliphatic rings. The minimum Gasteiger partial charge on any atom is -0.280 e. The number of hydrogen-bond donors (Lipinski definition) is 0. The summed E-state index contributed by atoms with van der Waals surface area (Å²) >= 11 is 7.22. The Morgan fingerprint density at radius 3 is 2.00 bits per heavy atom. The van der Waals surface area contributed by atoms with Gasteiger partial charge in [-0.2, -0.15) is 0 Å². The lowest BCUT2D eigenvalue weighted by Crippen LogP contribution is -2.41. The van der Waals surface area contributed by atoms with Gasteiger partial charge in [-0.1, -0.05) is 80.4 Å². The van der Waals surface area contributed by atoms with Crippen LogP contribution in [0.15, 0.2) is 72.8 Å². The number of hydrogen-bond acceptors (Lipinski definition) is 3. The second kappa shape index (κ2) is 9.03. The lowest BCUT2D eigenvalue weighted by atomic mass is 9.81. The van der Waals surface area contributed by atoms with Crippen LogP contribution in [0.3, 0.4) is 0 Å². The molecule has 0 bridgehead atoms. The topological polar surface area (TPSA) is 57.7 Å². The number of benzene rings is 3. The number of halogens is 2. The van der Waals surface area contributed by atoms with Crippen LogP contribution < -0.4 is 4.90 Å². The summed E-state index contributed by atoms with van der Waals surface area (Å²) < 4.78 is 0. The lowest BCUT2D eigenvalue weighted by Gasteiger charge is -2.29. The molecular weight excluding hydrogens is 548 g/mol. The first kappa shape index (κ1) is 22.3. The molecule has 5 rings (SSSR count). The Balaban J connectivity index is 1.47. The Morgan fingerprint density at radius 1 is 0.788 bits per heavy atom. The molecule has 2 fully saturated rings. The molecule has 3 amide bonds. The van der Waals surface area contributed by atoms with Gasteiger partial charge in [-0.05, 0) is 47.9 Å². The molecule has 0 N–H and O–H groups in total. The maximum atomic E-state index is 13.6. The summed E-state index contributed by atoms with van der Waals surface area (Å²) in [6.07, 6.45) is 1.17. The van der Waals surface area contributed by atoms with Crippen molar-refractivity contribution >= 4 is 71.7 Å². The average Bonchev–Trinajstić information content (AvgIpc) is 3.04. The number of nitrogens with zero attached hydrogens (tertiary/aromatic N) is 2. The zero-order chi connectivity index (χ0) is 23.1. The molecular formula is C26H22Br2N2O3. The van der Waals surface area contributed by atoms with Crippen molar-refractivity contribution in [1.82, 2.24) is 4.90 Å². The minimum absolute atomic E-state index is 0.129. The van der Waals surface area contributed by atoms with Crippen LogP contribution in [0.5, 0.6) is 0 Å². The molecule has 7 heteroatoms. The first-order chi connectivity index (χ1) is 15.9. The molecule has 33 heavy (non-hydrogen) atoms. The smallest absolute Gasteiger partial charge is 0.251 e. The summed E-state index contributed by atoms with van der Waals surface area (Å²) in [5, 5.41) is 2.08. The van der Waals surface area contributed by atoms with Crippen molar-refractivity contribution in [2.75, 3.05) is 11.4 Å². The minimum atomic E-state index is -0.366. The van der Waals surface area contributed by atoms with E-state index in [1.807, 2.05) is 72.8 Å². The van der Waals surface area contributed by atoms with E-state index in [2.05, 4.69) is 31.9 Å². The third-order valence-electron chi connectivity index (χ3n) is 6.55. The van der Waals surface area contributed by atoms with Crippen molar-refractivity contribution in [2.45, 2.75) is 22.5 Å².